The highest BCUT2D eigenvalue weighted by molar-refractivity contribution is 5.81. The summed E-state index contributed by atoms with van der Waals surface area (Å²) in [5, 5.41) is 5.78. The molecule has 1 aliphatic heterocycles. The monoisotopic (exact) mass is 232 g/mol. The first-order valence-corrected chi connectivity index (χ1v) is 5.94. The molecule has 0 radical (unpaired) electrons. The van der Waals surface area contributed by atoms with Crippen LogP contribution in [-0.4, -0.2) is 29.3 Å². The van der Waals surface area contributed by atoms with Crippen molar-refractivity contribution in [3.05, 3.63) is 30.0 Å². The van der Waals surface area contributed by atoms with Crippen LogP contribution in [0.4, 0.5) is 0 Å². The molecule has 4 nitrogen and oxygen atoms in total. The van der Waals surface area contributed by atoms with E-state index in [1.807, 2.05) is 23.7 Å². The minimum atomic E-state index is -0.183. The number of para-hydroxylation sites is 1. The van der Waals surface area contributed by atoms with Crippen LogP contribution in [0.5, 0.6) is 0 Å². The van der Waals surface area contributed by atoms with Gasteiger partial charge in [-0.15, -0.1) is 0 Å². The second-order valence-corrected chi connectivity index (χ2v) is 4.40. The molecule has 2 heterocycles. The van der Waals surface area contributed by atoms with Gasteiger partial charge in [0.05, 0.1) is 24.4 Å². The fourth-order valence-electron chi connectivity index (χ4n) is 2.33. The molecule has 1 atom stereocenters. The summed E-state index contributed by atoms with van der Waals surface area (Å²) in [7, 11) is 0. The van der Waals surface area contributed by atoms with Gasteiger partial charge in [-0.05, 0) is 19.9 Å². The molecule has 0 aliphatic carbocycles. The van der Waals surface area contributed by atoms with Crippen LogP contribution in [0.15, 0.2) is 24.3 Å². The van der Waals surface area contributed by atoms with Gasteiger partial charge in [0.1, 0.15) is 6.04 Å². The molecule has 0 saturated carbocycles. The molecule has 1 saturated heterocycles. The Bertz CT molecular complexity index is 529. The van der Waals surface area contributed by atoms with Crippen LogP contribution in [0.25, 0.3) is 10.9 Å². The highest BCUT2D eigenvalue weighted by atomic mass is 16.7. The van der Waals surface area contributed by atoms with Crippen molar-refractivity contribution < 1.29 is 9.47 Å². The molecular weight excluding hydrogens is 216 g/mol. The van der Waals surface area contributed by atoms with Crippen molar-refractivity contribution in [2.75, 3.05) is 13.2 Å². The molecule has 0 amide bonds. The van der Waals surface area contributed by atoms with Gasteiger partial charge in [0, 0.05) is 5.39 Å². The predicted octanol–water partition coefficient (Wildman–Crippen LogP) is 2.28. The Labute approximate surface area is 100 Å². The lowest BCUT2D eigenvalue weighted by Gasteiger charge is -2.19. The summed E-state index contributed by atoms with van der Waals surface area (Å²) in [5.74, 6) is 0. The summed E-state index contributed by atoms with van der Waals surface area (Å²) in [6.07, 6.45) is -0.183. The van der Waals surface area contributed by atoms with E-state index in [9.17, 15) is 0 Å². The normalized spacial score (nSPS) is 18.9. The maximum absolute atomic E-state index is 5.54. The van der Waals surface area contributed by atoms with E-state index >= 15 is 0 Å². The third-order valence-electron chi connectivity index (χ3n) is 3.23. The molecule has 1 aliphatic rings. The van der Waals surface area contributed by atoms with E-state index in [0.29, 0.717) is 13.2 Å². The largest absolute Gasteiger partial charge is 0.348 e. The number of fused-ring (bicyclic) bond motifs is 1. The SMILES string of the molecule is Cc1nn(C(C)C2OCCO2)c2ccccc12. The minimum Gasteiger partial charge on any atom is -0.348 e. The van der Waals surface area contributed by atoms with E-state index < -0.39 is 0 Å². The summed E-state index contributed by atoms with van der Waals surface area (Å²) in [5.41, 5.74) is 2.18. The third-order valence-corrected chi connectivity index (χ3v) is 3.23. The van der Waals surface area contributed by atoms with Crippen LogP contribution in [0, 0.1) is 6.92 Å². The second-order valence-electron chi connectivity index (χ2n) is 4.40. The standard InChI is InChI=1S/C13H16N2O2/c1-9-11-5-3-4-6-12(11)15(14-9)10(2)13-16-7-8-17-13/h3-6,10,13H,7-8H2,1-2H3. The first-order valence-electron chi connectivity index (χ1n) is 5.94. The highest BCUT2D eigenvalue weighted by Crippen LogP contribution is 2.25. The lowest BCUT2D eigenvalue weighted by atomic mass is 10.2. The Kier molecular flexibility index (Phi) is 2.61. The Morgan fingerprint density at radius 2 is 2.00 bits per heavy atom. The van der Waals surface area contributed by atoms with Crippen molar-refractivity contribution in [1.82, 2.24) is 9.78 Å². The van der Waals surface area contributed by atoms with Gasteiger partial charge in [-0.3, -0.25) is 4.68 Å². The van der Waals surface area contributed by atoms with Crippen molar-refractivity contribution in [2.24, 2.45) is 0 Å². The summed E-state index contributed by atoms with van der Waals surface area (Å²) in [6, 6.07) is 8.34. The van der Waals surface area contributed by atoms with Crippen molar-refractivity contribution in [1.29, 1.82) is 0 Å². The van der Waals surface area contributed by atoms with Gasteiger partial charge in [-0.2, -0.15) is 5.10 Å². The quantitative estimate of drug-likeness (QED) is 0.797. The smallest absolute Gasteiger partial charge is 0.179 e. The van der Waals surface area contributed by atoms with Crippen LogP contribution in [0.2, 0.25) is 0 Å². The van der Waals surface area contributed by atoms with Crippen LogP contribution < -0.4 is 0 Å². The predicted molar refractivity (Wildman–Crippen MR) is 64.9 cm³/mol. The van der Waals surface area contributed by atoms with Gasteiger partial charge < -0.3 is 9.47 Å². The van der Waals surface area contributed by atoms with E-state index in [1.54, 1.807) is 0 Å². The molecule has 2 aromatic rings. The van der Waals surface area contributed by atoms with E-state index in [1.165, 1.54) is 5.39 Å². The maximum atomic E-state index is 5.54. The highest BCUT2D eigenvalue weighted by Gasteiger charge is 2.26. The van der Waals surface area contributed by atoms with Crippen molar-refractivity contribution >= 4 is 10.9 Å². The zero-order chi connectivity index (χ0) is 11.8. The van der Waals surface area contributed by atoms with Gasteiger partial charge in [0.25, 0.3) is 0 Å². The fraction of sp³-hybridized carbons (Fsp3) is 0.462. The number of benzene rings is 1. The molecule has 3 rings (SSSR count). The Hall–Kier alpha value is -1.39. The fourth-order valence-corrected chi connectivity index (χ4v) is 2.33. The van der Waals surface area contributed by atoms with Crippen molar-refractivity contribution in [2.45, 2.75) is 26.2 Å². The average Bonchev–Trinajstić information content (AvgIpc) is 2.97. The maximum Gasteiger partial charge on any atom is 0.179 e. The Morgan fingerprint density at radius 1 is 1.29 bits per heavy atom. The lowest BCUT2D eigenvalue weighted by Crippen LogP contribution is -2.23. The zero-order valence-corrected chi connectivity index (χ0v) is 10.1. The van der Waals surface area contributed by atoms with Gasteiger partial charge in [-0.1, -0.05) is 18.2 Å². The van der Waals surface area contributed by atoms with Crippen LogP contribution >= 0.6 is 0 Å². The van der Waals surface area contributed by atoms with Gasteiger partial charge in [0.15, 0.2) is 6.29 Å². The average molecular weight is 232 g/mol. The molecule has 4 heteroatoms. The minimum absolute atomic E-state index is 0.0936. The molecule has 0 bridgehead atoms. The van der Waals surface area contributed by atoms with Crippen molar-refractivity contribution in [3.8, 4) is 0 Å². The number of aromatic nitrogens is 2. The zero-order valence-electron chi connectivity index (χ0n) is 10.1. The van der Waals surface area contributed by atoms with Crippen molar-refractivity contribution in [3.63, 3.8) is 0 Å². The van der Waals surface area contributed by atoms with E-state index in [2.05, 4.69) is 24.2 Å². The van der Waals surface area contributed by atoms with E-state index in [0.717, 1.165) is 11.2 Å². The van der Waals surface area contributed by atoms with Gasteiger partial charge in [0.2, 0.25) is 0 Å². The molecule has 1 aromatic carbocycles. The number of nitrogens with zero attached hydrogens (tertiary/aromatic N) is 2. The Morgan fingerprint density at radius 3 is 2.76 bits per heavy atom. The molecule has 1 unspecified atom stereocenters. The molecular formula is C13H16N2O2. The second kappa shape index (κ2) is 4.13. The molecule has 0 spiro atoms. The first kappa shape index (κ1) is 10.7. The molecule has 90 valence electrons. The molecule has 17 heavy (non-hydrogen) atoms. The number of hydrogen-bond donors (Lipinski definition) is 0. The van der Waals surface area contributed by atoms with Gasteiger partial charge >= 0.3 is 0 Å². The lowest BCUT2D eigenvalue weighted by molar-refractivity contribution is -0.0748. The summed E-state index contributed by atoms with van der Waals surface area (Å²) >= 11 is 0. The summed E-state index contributed by atoms with van der Waals surface area (Å²) in [4.78, 5) is 0. The number of hydrogen-bond acceptors (Lipinski definition) is 3. The van der Waals surface area contributed by atoms with E-state index in [4.69, 9.17) is 9.47 Å². The third kappa shape index (κ3) is 1.73. The topological polar surface area (TPSA) is 36.3 Å². The molecule has 0 N–H and O–H groups in total. The number of aryl methyl sites for hydroxylation is 1. The molecule has 1 fully saturated rings. The summed E-state index contributed by atoms with van der Waals surface area (Å²) in [6.45, 7) is 5.46. The molecule has 1 aromatic heterocycles. The first-order chi connectivity index (χ1) is 8.27. The summed E-state index contributed by atoms with van der Waals surface area (Å²) < 4.78 is 13.1. The van der Waals surface area contributed by atoms with Crippen LogP contribution in [0.3, 0.4) is 0 Å². The Balaban J connectivity index is 2.04. The van der Waals surface area contributed by atoms with Crippen LogP contribution in [-0.2, 0) is 9.47 Å². The van der Waals surface area contributed by atoms with E-state index in [-0.39, 0.29) is 12.3 Å². The number of rotatable bonds is 2. The van der Waals surface area contributed by atoms with Gasteiger partial charge in [-0.25, -0.2) is 0 Å². The number of ether oxygens (including phenoxy) is 2. The van der Waals surface area contributed by atoms with Crippen LogP contribution in [0.1, 0.15) is 18.7 Å².